The maximum absolute atomic E-state index is 10.7. The van der Waals surface area contributed by atoms with Crippen LogP contribution in [0, 0.1) is 0 Å². The standard InChI is InChI=1S/C7H14N3.CHF3O3S/c1-3-4-5-10-7-6-9(2)8-10;2-1(3,4)8(5,6)7/h6-7H,3-5H2,1-2H3;(H,5,6,7)/q+1;/p-1. The molecular weight excluding hydrogens is 275 g/mol. The van der Waals surface area contributed by atoms with E-state index in [2.05, 4.69) is 12.1 Å². The van der Waals surface area contributed by atoms with Crippen molar-refractivity contribution in [3.8, 4) is 0 Å². The Morgan fingerprint density at radius 3 is 2.22 bits per heavy atom. The van der Waals surface area contributed by atoms with E-state index < -0.39 is 15.6 Å². The van der Waals surface area contributed by atoms with Crippen molar-refractivity contribution >= 4 is 10.1 Å². The molecule has 18 heavy (non-hydrogen) atoms. The Bertz CT molecular complexity index is 456. The molecule has 0 amide bonds. The zero-order valence-corrected chi connectivity index (χ0v) is 10.7. The maximum atomic E-state index is 10.7. The van der Waals surface area contributed by atoms with Crippen LogP contribution in [-0.4, -0.2) is 28.4 Å². The second-order valence-corrected chi connectivity index (χ2v) is 4.75. The van der Waals surface area contributed by atoms with E-state index in [-0.39, 0.29) is 0 Å². The van der Waals surface area contributed by atoms with Crippen LogP contribution < -0.4 is 4.68 Å². The van der Waals surface area contributed by atoms with Crippen LogP contribution in [0.5, 0.6) is 0 Å². The van der Waals surface area contributed by atoms with Gasteiger partial charge in [-0.15, -0.1) is 9.36 Å². The molecule has 0 radical (unpaired) electrons. The van der Waals surface area contributed by atoms with Gasteiger partial charge in [-0.2, -0.15) is 13.2 Å². The van der Waals surface area contributed by atoms with E-state index >= 15 is 0 Å². The van der Waals surface area contributed by atoms with Gasteiger partial charge in [-0.25, -0.2) is 8.42 Å². The molecule has 0 fully saturated rings. The van der Waals surface area contributed by atoms with Crippen LogP contribution in [0.1, 0.15) is 19.8 Å². The predicted octanol–water partition coefficient (Wildman–Crippen LogP) is 0.559. The van der Waals surface area contributed by atoms with E-state index in [0.717, 1.165) is 6.54 Å². The predicted molar refractivity (Wildman–Crippen MR) is 54.1 cm³/mol. The first kappa shape index (κ1) is 16.8. The summed E-state index contributed by atoms with van der Waals surface area (Å²) in [6.45, 7) is 3.22. The molecule has 0 atom stereocenters. The van der Waals surface area contributed by atoms with Crippen molar-refractivity contribution in [2.24, 2.45) is 7.05 Å². The first-order valence-corrected chi connectivity index (χ1v) is 6.40. The molecule has 1 aromatic rings. The molecule has 10 heteroatoms. The van der Waals surface area contributed by atoms with Crippen LogP contribution in [0.2, 0.25) is 0 Å². The lowest BCUT2D eigenvalue weighted by Gasteiger charge is -2.08. The number of rotatable bonds is 3. The van der Waals surface area contributed by atoms with E-state index in [0.29, 0.717) is 0 Å². The fourth-order valence-corrected chi connectivity index (χ4v) is 0.854. The molecule has 6 nitrogen and oxygen atoms in total. The number of hydrogen-bond donors (Lipinski definition) is 0. The highest BCUT2D eigenvalue weighted by Crippen LogP contribution is 2.20. The Morgan fingerprint density at radius 1 is 1.44 bits per heavy atom. The second kappa shape index (κ2) is 6.69. The number of halogens is 3. The van der Waals surface area contributed by atoms with Crippen LogP contribution in [0.15, 0.2) is 12.4 Å². The molecular formula is C8H14F3N3O3S. The normalized spacial score (nSPS) is 11.9. The highest BCUT2D eigenvalue weighted by Gasteiger charge is 2.36. The van der Waals surface area contributed by atoms with E-state index in [9.17, 15) is 13.2 Å². The van der Waals surface area contributed by atoms with Crippen molar-refractivity contribution in [2.45, 2.75) is 31.8 Å². The summed E-state index contributed by atoms with van der Waals surface area (Å²) in [7, 11) is -4.16. The van der Waals surface area contributed by atoms with Gasteiger partial charge in [-0.3, -0.25) is 0 Å². The molecule has 0 N–H and O–H groups in total. The van der Waals surface area contributed by atoms with Crippen LogP contribution in [0.25, 0.3) is 0 Å². The fraction of sp³-hybridized carbons (Fsp3) is 0.750. The number of nitrogens with zero attached hydrogens (tertiary/aromatic N) is 3. The van der Waals surface area contributed by atoms with Gasteiger partial charge in [0.1, 0.15) is 13.6 Å². The lowest BCUT2D eigenvalue weighted by atomic mass is 10.3. The van der Waals surface area contributed by atoms with E-state index in [1.807, 2.05) is 28.8 Å². The van der Waals surface area contributed by atoms with Gasteiger partial charge >= 0.3 is 5.51 Å². The third-order valence-electron chi connectivity index (χ3n) is 1.73. The fourth-order valence-electron chi connectivity index (χ4n) is 0.854. The molecule has 106 valence electrons. The Balaban J connectivity index is 0.000000331. The van der Waals surface area contributed by atoms with Crippen molar-refractivity contribution in [2.75, 3.05) is 0 Å². The lowest BCUT2D eigenvalue weighted by molar-refractivity contribution is -0.732. The van der Waals surface area contributed by atoms with Gasteiger partial charge < -0.3 is 4.55 Å². The summed E-state index contributed by atoms with van der Waals surface area (Å²) in [5.41, 5.74) is -5.65. The molecule has 0 aliphatic heterocycles. The van der Waals surface area contributed by atoms with Gasteiger partial charge in [0.05, 0.1) is 5.21 Å². The molecule has 1 aromatic heterocycles. The Hall–Kier alpha value is -1.16. The van der Waals surface area contributed by atoms with Gasteiger partial charge in [0.2, 0.25) is 0 Å². The summed E-state index contributed by atoms with van der Waals surface area (Å²) in [4.78, 5) is 0. The minimum absolute atomic E-state index is 1.04. The zero-order valence-electron chi connectivity index (χ0n) is 9.88. The Labute approximate surface area is 103 Å². The zero-order chi connectivity index (χ0) is 14.4. The highest BCUT2D eigenvalue weighted by atomic mass is 32.2. The molecule has 0 spiro atoms. The molecule has 0 saturated carbocycles. The summed E-state index contributed by atoms with van der Waals surface area (Å²) in [5, 5.41) is 4.18. The van der Waals surface area contributed by atoms with E-state index in [1.165, 1.54) is 12.8 Å². The third-order valence-corrected chi connectivity index (χ3v) is 2.30. The average Bonchev–Trinajstić information content (AvgIpc) is 2.59. The maximum Gasteiger partial charge on any atom is 0.485 e. The minimum Gasteiger partial charge on any atom is -0.741 e. The number of aryl methyl sites for hydroxylation is 2. The van der Waals surface area contributed by atoms with Crippen molar-refractivity contribution in [1.82, 2.24) is 9.90 Å². The number of unbranched alkanes of at least 4 members (excludes halogenated alkanes) is 1. The van der Waals surface area contributed by atoms with Crippen LogP contribution in [0.4, 0.5) is 13.2 Å². The van der Waals surface area contributed by atoms with Crippen molar-refractivity contribution in [1.29, 1.82) is 0 Å². The topological polar surface area (TPSA) is 78.9 Å². The smallest absolute Gasteiger partial charge is 0.485 e. The average molecular weight is 289 g/mol. The molecule has 1 rings (SSSR count). The monoisotopic (exact) mass is 289 g/mol. The minimum atomic E-state index is -6.09. The SMILES string of the molecule is CCCCn1cc[n+](C)n1.O=S(=O)([O-])C(F)(F)F. The summed E-state index contributed by atoms with van der Waals surface area (Å²) in [6.07, 6.45) is 6.39. The quantitative estimate of drug-likeness (QED) is 0.462. The third kappa shape index (κ3) is 6.55. The first-order chi connectivity index (χ1) is 8.08. The Kier molecular flexibility index (Phi) is 6.26. The summed E-state index contributed by atoms with van der Waals surface area (Å²) in [5.74, 6) is 0. The number of hydrogen-bond acceptors (Lipinski definition) is 4. The van der Waals surface area contributed by atoms with Crippen LogP contribution in [-0.2, 0) is 23.7 Å². The van der Waals surface area contributed by atoms with Crippen molar-refractivity contribution in [3.05, 3.63) is 12.4 Å². The summed E-state index contributed by atoms with van der Waals surface area (Å²) >= 11 is 0. The molecule has 0 aliphatic carbocycles. The molecule has 0 aromatic carbocycles. The summed E-state index contributed by atoms with van der Waals surface area (Å²) < 4.78 is 62.7. The number of aromatic nitrogens is 3. The molecule has 0 unspecified atom stereocenters. The Morgan fingerprint density at radius 2 is 1.94 bits per heavy atom. The van der Waals surface area contributed by atoms with Crippen LogP contribution in [0.3, 0.4) is 0 Å². The van der Waals surface area contributed by atoms with Crippen LogP contribution >= 0.6 is 0 Å². The van der Waals surface area contributed by atoms with Gasteiger partial charge in [0.25, 0.3) is 0 Å². The largest absolute Gasteiger partial charge is 0.741 e. The van der Waals surface area contributed by atoms with Gasteiger partial charge in [-0.1, -0.05) is 13.3 Å². The molecule has 0 aliphatic rings. The van der Waals surface area contributed by atoms with E-state index in [4.69, 9.17) is 13.0 Å². The molecule has 0 bridgehead atoms. The van der Waals surface area contributed by atoms with Crippen molar-refractivity contribution < 1.29 is 30.8 Å². The molecule has 0 saturated heterocycles. The van der Waals surface area contributed by atoms with Gasteiger partial charge in [0, 0.05) is 0 Å². The lowest BCUT2D eigenvalue weighted by Crippen LogP contribution is -2.30. The first-order valence-electron chi connectivity index (χ1n) is 4.99. The summed E-state index contributed by atoms with van der Waals surface area (Å²) in [6, 6.07) is 0. The van der Waals surface area contributed by atoms with Gasteiger partial charge in [-0.05, 0) is 6.42 Å². The van der Waals surface area contributed by atoms with Crippen molar-refractivity contribution in [3.63, 3.8) is 0 Å². The number of alkyl halides is 3. The second-order valence-electron chi connectivity index (χ2n) is 3.38. The molecule has 1 heterocycles. The van der Waals surface area contributed by atoms with Gasteiger partial charge in [0.15, 0.2) is 22.5 Å². The highest BCUT2D eigenvalue weighted by molar-refractivity contribution is 7.86. The van der Waals surface area contributed by atoms with E-state index in [1.54, 1.807) is 0 Å².